The molecule has 20 heavy (non-hydrogen) atoms. The molecule has 0 aromatic carbocycles. The average molecular weight is 292 g/mol. The molecule has 0 atom stereocenters. The van der Waals surface area contributed by atoms with Crippen LogP contribution >= 0.6 is 11.8 Å². The molecule has 0 N–H and O–H groups in total. The predicted octanol–water partition coefficient (Wildman–Crippen LogP) is 2.15. The maximum atomic E-state index is 4.31. The van der Waals surface area contributed by atoms with Crippen LogP contribution in [0.4, 0.5) is 5.82 Å². The summed E-state index contributed by atoms with van der Waals surface area (Å²) >= 11 is 1.81. The van der Waals surface area contributed by atoms with Crippen molar-refractivity contribution >= 4 is 17.6 Å². The van der Waals surface area contributed by atoms with E-state index in [1.807, 2.05) is 35.9 Å². The number of aromatic nitrogens is 5. The summed E-state index contributed by atoms with van der Waals surface area (Å²) < 4.78 is 1.87. The van der Waals surface area contributed by atoms with Crippen LogP contribution in [0.1, 0.15) is 31.3 Å². The van der Waals surface area contributed by atoms with Crippen molar-refractivity contribution in [3.63, 3.8) is 0 Å². The summed E-state index contributed by atoms with van der Waals surface area (Å²) in [6.07, 6.45) is 1.85. The predicted molar refractivity (Wildman–Crippen MR) is 81.8 cm³/mol. The molecule has 2 rings (SSSR count). The highest BCUT2D eigenvalue weighted by atomic mass is 32.2. The number of anilines is 1. The van der Waals surface area contributed by atoms with Gasteiger partial charge in [-0.3, -0.25) is 0 Å². The fraction of sp³-hybridized carbons (Fsp3) is 0.538. The number of hydrogen-bond donors (Lipinski definition) is 0. The van der Waals surface area contributed by atoms with Gasteiger partial charge in [-0.2, -0.15) is 0 Å². The van der Waals surface area contributed by atoms with Gasteiger partial charge in [-0.25, -0.2) is 9.67 Å². The zero-order valence-corrected chi connectivity index (χ0v) is 13.1. The van der Waals surface area contributed by atoms with E-state index in [1.54, 1.807) is 11.8 Å². The number of hydrogen-bond acceptors (Lipinski definition) is 6. The van der Waals surface area contributed by atoms with Crippen molar-refractivity contribution in [2.24, 2.45) is 0 Å². The van der Waals surface area contributed by atoms with Gasteiger partial charge >= 0.3 is 0 Å². The quantitative estimate of drug-likeness (QED) is 0.813. The molecule has 0 saturated heterocycles. The van der Waals surface area contributed by atoms with E-state index in [2.05, 4.69) is 40.4 Å². The van der Waals surface area contributed by atoms with Crippen molar-refractivity contribution in [2.45, 2.75) is 31.4 Å². The number of pyridine rings is 1. The minimum atomic E-state index is 0.293. The Morgan fingerprint density at radius 2 is 2.10 bits per heavy atom. The molecule has 0 spiro atoms. The molecule has 0 amide bonds. The summed E-state index contributed by atoms with van der Waals surface area (Å²) in [5.74, 6) is 3.64. The minimum Gasteiger partial charge on any atom is -0.363 e. The first-order chi connectivity index (χ1) is 9.58. The van der Waals surface area contributed by atoms with Crippen LogP contribution in [0.25, 0.3) is 0 Å². The number of tetrazole rings is 1. The van der Waals surface area contributed by atoms with Crippen molar-refractivity contribution in [1.29, 1.82) is 0 Å². The number of nitrogens with zero attached hydrogens (tertiary/aromatic N) is 6. The molecule has 0 bridgehead atoms. The molecule has 6 nitrogen and oxygen atoms in total. The average Bonchev–Trinajstić information content (AvgIpc) is 2.87. The summed E-state index contributed by atoms with van der Waals surface area (Å²) in [7, 11) is 3.99. The van der Waals surface area contributed by atoms with Gasteiger partial charge in [-0.1, -0.05) is 0 Å². The van der Waals surface area contributed by atoms with E-state index in [0.29, 0.717) is 6.04 Å². The van der Waals surface area contributed by atoms with Crippen LogP contribution in [0, 0.1) is 0 Å². The van der Waals surface area contributed by atoms with E-state index in [4.69, 9.17) is 0 Å². The smallest absolute Gasteiger partial charge is 0.161 e. The summed E-state index contributed by atoms with van der Waals surface area (Å²) in [4.78, 5) is 6.32. The fourth-order valence-electron chi connectivity index (χ4n) is 1.76. The first-order valence-electron chi connectivity index (χ1n) is 6.54. The van der Waals surface area contributed by atoms with Gasteiger partial charge in [-0.05, 0) is 42.0 Å². The molecule has 0 unspecified atom stereocenters. The standard InChI is InChI=1S/C13H20N6S/c1-10(2)19-13(15-16-17-19)9-20-8-11-5-6-14-12(7-11)18(3)4/h5-7,10H,8-9H2,1-4H3. The third kappa shape index (κ3) is 3.69. The van der Waals surface area contributed by atoms with Crippen LogP contribution in [-0.4, -0.2) is 39.3 Å². The fourth-order valence-corrected chi connectivity index (χ4v) is 2.65. The maximum absolute atomic E-state index is 4.31. The summed E-state index contributed by atoms with van der Waals surface area (Å²) in [5.41, 5.74) is 1.26. The van der Waals surface area contributed by atoms with Crippen molar-refractivity contribution < 1.29 is 0 Å². The van der Waals surface area contributed by atoms with Gasteiger partial charge in [0.2, 0.25) is 0 Å². The zero-order valence-electron chi connectivity index (χ0n) is 12.3. The Bertz CT molecular complexity index is 551. The zero-order chi connectivity index (χ0) is 14.5. The maximum Gasteiger partial charge on any atom is 0.161 e. The Morgan fingerprint density at radius 1 is 1.30 bits per heavy atom. The summed E-state index contributed by atoms with van der Waals surface area (Å²) in [5, 5.41) is 11.8. The van der Waals surface area contributed by atoms with Gasteiger partial charge in [-0.15, -0.1) is 16.9 Å². The van der Waals surface area contributed by atoms with Crippen molar-refractivity contribution in [1.82, 2.24) is 25.2 Å². The molecular formula is C13H20N6S. The highest BCUT2D eigenvalue weighted by Gasteiger charge is 2.09. The normalized spacial score (nSPS) is 11.1. The third-order valence-electron chi connectivity index (χ3n) is 2.82. The highest BCUT2D eigenvalue weighted by Crippen LogP contribution is 2.19. The van der Waals surface area contributed by atoms with Crippen LogP contribution in [0.5, 0.6) is 0 Å². The van der Waals surface area contributed by atoms with Crippen LogP contribution < -0.4 is 4.90 Å². The lowest BCUT2D eigenvalue weighted by atomic mass is 10.3. The molecular weight excluding hydrogens is 272 g/mol. The van der Waals surface area contributed by atoms with Crippen LogP contribution in [0.3, 0.4) is 0 Å². The molecule has 0 fully saturated rings. The molecule has 0 aliphatic heterocycles. The van der Waals surface area contributed by atoms with Gasteiger partial charge in [0.1, 0.15) is 5.82 Å². The lowest BCUT2D eigenvalue weighted by Crippen LogP contribution is -2.10. The van der Waals surface area contributed by atoms with Crippen molar-refractivity contribution in [3.8, 4) is 0 Å². The number of thioether (sulfide) groups is 1. The van der Waals surface area contributed by atoms with E-state index in [9.17, 15) is 0 Å². The molecule has 2 aromatic heterocycles. The second-order valence-corrected chi connectivity index (χ2v) is 6.03. The molecule has 7 heteroatoms. The number of rotatable bonds is 6. The SMILES string of the molecule is CC(C)n1nnnc1CSCc1ccnc(N(C)C)c1. The molecule has 0 saturated carbocycles. The third-order valence-corrected chi connectivity index (χ3v) is 3.82. The highest BCUT2D eigenvalue weighted by molar-refractivity contribution is 7.97. The Labute approximate surface area is 123 Å². The Kier molecular flexibility index (Phi) is 4.94. The monoisotopic (exact) mass is 292 g/mol. The molecule has 108 valence electrons. The van der Waals surface area contributed by atoms with Gasteiger partial charge in [0, 0.05) is 26.0 Å². The molecule has 2 heterocycles. The van der Waals surface area contributed by atoms with E-state index in [1.165, 1.54) is 5.56 Å². The van der Waals surface area contributed by atoms with E-state index < -0.39 is 0 Å². The first kappa shape index (κ1) is 14.8. The summed E-state index contributed by atoms with van der Waals surface area (Å²) in [6.45, 7) is 4.16. The van der Waals surface area contributed by atoms with Gasteiger partial charge in [0.15, 0.2) is 5.82 Å². The van der Waals surface area contributed by atoms with E-state index >= 15 is 0 Å². The molecule has 2 aromatic rings. The van der Waals surface area contributed by atoms with Crippen LogP contribution in [0.2, 0.25) is 0 Å². The van der Waals surface area contributed by atoms with E-state index in [-0.39, 0.29) is 0 Å². The Balaban J connectivity index is 1.93. The minimum absolute atomic E-state index is 0.293. The molecule has 0 aliphatic rings. The lowest BCUT2D eigenvalue weighted by Gasteiger charge is -2.12. The van der Waals surface area contributed by atoms with Crippen molar-refractivity contribution in [3.05, 3.63) is 29.7 Å². The summed E-state index contributed by atoms with van der Waals surface area (Å²) in [6, 6.07) is 4.45. The topological polar surface area (TPSA) is 59.7 Å². The van der Waals surface area contributed by atoms with Crippen LogP contribution in [0.15, 0.2) is 18.3 Å². The Hall–Kier alpha value is -1.63. The first-order valence-corrected chi connectivity index (χ1v) is 7.70. The van der Waals surface area contributed by atoms with Crippen molar-refractivity contribution in [2.75, 3.05) is 19.0 Å². The second kappa shape index (κ2) is 6.69. The van der Waals surface area contributed by atoms with E-state index in [0.717, 1.165) is 23.1 Å². The lowest BCUT2D eigenvalue weighted by molar-refractivity contribution is 0.501. The Morgan fingerprint density at radius 3 is 2.80 bits per heavy atom. The molecule has 0 radical (unpaired) electrons. The van der Waals surface area contributed by atoms with Gasteiger partial charge < -0.3 is 4.90 Å². The van der Waals surface area contributed by atoms with Gasteiger partial charge in [0.25, 0.3) is 0 Å². The van der Waals surface area contributed by atoms with Crippen LogP contribution in [-0.2, 0) is 11.5 Å². The van der Waals surface area contributed by atoms with Gasteiger partial charge in [0.05, 0.1) is 11.8 Å². The molecule has 0 aliphatic carbocycles. The largest absolute Gasteiger partial charge is 0.363 e. The second-order valence-electron chi connectivity index (χ2n) is 5.04.